The minimum atomic E-state index is -0.403. The van der Waals surface area contributed by atoms with E-state index in [9.17, 15) is 14.4 Å². The number of rotatable bonds is 3. The van der Waals surface area contributed by atoms with Crippen molar-refractivity contribution in [3.05, 3.63) is 0 Å². The molecule has 2 heterocycles. The fourth-order valence-electron chi connectivity index (χ4n) is 2.62. The van der Waals surface area contributed by atoms with Crippen LogP contribution in [0.15, 0.2) is 0 Å². The maximum Gasteiger partial charge on any atom is 0.327 e. The van der Waals surface area contributed by atoms with Crippen LogP contribution in [0.5, 0.6) is 0 Å². The zero-order valence-corrected chi connectivity index (χ0v) is 11.2. The first-order valence-corrected chi connectivity index (χ1v) is 6.59. The maximum atomic E-state index is 12.2. The first kappa shape index (κ1) is 13.8. The molecule has 2 N–H and O–H groups in total. The predicted molar refractivity (Wildman–Crippen MR) is 68.1 cm³/mol. The minimum absolute atomic E-state index is 0.0341. The van der Waals surface area contributed by atoms with Gasteiger partial charge >= 0.3 is 6.03 Å². The van der Waals surface area contributed by atoms with Gasteiger partial charge in [-0.3, -0.25) is 14.5 Å². The summed E-state index contributed by atoms with van der Waals surface area (Å²) in [5.41, 5.74) is 5.67. The molecule has 0 aliphatic carbocycles. The SMILES string of the molecule is CN1CC(=O)N(CC(=O)N2CCCCC2CN)C1=O. The second-order valence-electron chi connectivity index (χ2n) is 5.09. The standard InChI is InChI=1S/C12H20N4O3/c1-14-7-10(17)16(12(14)19)8-11(18)15-5-3-2-4-9(15)6-13/h9H,2-8,13H2,1H3. The first-order chi connectivity index (χ1) is 9.04. The van der Waals surface area contributed by atoms with E-state index in [1.807, 2.05) is 0 Å². The van der Waals surface area contributed by atoms with Gasteiger partial charge in [0, 0.05) is 26.2 Å². The van der Waals surface area contributed by atoms with Gasteiger partial charge in [0.25, 0.3) is 5.91 Å². The van der Waals surface area contributed by atoms with Gasteiger partial charge in [0.15, 0.2) is 0 Å². The molecule has 0 aromatic rings. The molecule has 0 spiro atoms. The van der Waals surface area contributed by atoms with E-state index in [1.54, 1.807) is 11.9 Å². The summed E-state index contributed by atoms with van der Waals surface area (Å²) in [4.78, 5) is 39.6. The molecule has 2 rings (SSSR count). The highest BCUT2D eigenvalue weighted by atomic mass is 16.2. The Kier molecular flexibility index (Phi) is 4.04. The smallest absolute Gasteiger partial charge is 0.327 e. The second-order valence-corrected chi connectivity index (χ2v) is 5.09. The van der Waals surface area contributed by atoms with Gasteiger partial charge in [-0.1, -0.05) is 0 Å². The third-order valence-electron chi connectivity index (χ3n) is 3.74. The van der Waals surface area contributed by atoms with Crippen molar-refractivity contribution in [3.63, 3.8) is 0 Å². The maximum absolute atomic E-state index is 12.2. The van der Waals surface area contributed by atoms with Crippen LogP contribution in [-0.2, 0) is 9.59 Å². The van der Waals surface area contributed by atoms with E-state index in [4.69, 9.17) is 5.73 Å². The van der Waals surface area contributed by atoms with Crippen LogP contribution in [0.4, 0.5) is 4.79 Å². The molecule has 0 radical (unpaired) electrons. The predicted octanol–water partition coefficient (Wildman–Crippen LogP) is -0.780. The molecule has 2 aliphatic heterocycles. The van der Waals surface area contributed by atoms with E-state index in [2.05, 4.69) is 0 Å². The van der Waals surface area contributed by atoms with Crippen molar-refractivity contribution in [3.8, 4) is 0 Å². The molecule has 4 amide bonds. The number of amides is 4. The van der Waals surface area contributed by atoms with Crippen molar-refractivity contribution in [1.29, 1.82) is 0 Å². The van der Waals surface area contributed by atoms with Gasteiger partial charge < -0.3 is 15.5 Å². The van der Waals surface area contributed by atoms with Crippen LogP contribution in [0.25, 0.3) is 0 Å². The summed E-state index contributed by atoms with van der Waals surface area (Å²) in [7, 11) is 1.55. The van der Waals surface area contributed by atoms with Crippen LogP contribution in [0.2, 0.25) is 0 Å². The molecule has 0 bridgehead atoms. The van der Waals surface area contributed by atoms with Crippen molar-refractivity contribution in [2.75, 3.05) is 33.2 Å². The van der Waals surface area contributed by atoms with E-state index >= 15 is 0 Å². The summed E-state index contributed by atoms with van der Waals surface area (Å²) in [6, 6.07) is -0.369. The molecule has 106 valence electrons. The van der Waals surface area contributed by atoms with Gasteiger partial charge in [0.1, 0.15) is 13.1 Å². The number of imide groups is 1. The zero-order chi connectivity index (χ0) is 14.0. The highest BCUT2D eigenvalue weighted by Gasteiger charge is 2.36. The third kappa shape index (κ3) is 2.70. The third-order valence-corrected chi connectivity index (χ3v) is 3.74. The summed E-state index contributed by atoms with van der Waals surface area (Å²) >= 11 is 0. The van der Waals surface area contributed by atoms with Gasteiger partial charge in [0.2, 0.25) is 5.91 Å². The monoisotopic (exact) mass is 268 g/mol. The lowest BCUT2D eigenvalue weighted by atomic mass is 10.0. The van der Waals surface area contributed by atoms with E-state index < -0.39 is 6.03 Å². The van der Waals surface area contributed by atoms with E-state index in [0.717, 1.165) is 24.2 Å². The average molecular weight is 268 g/mol. The van der Waals surface area contributed by atoms with Crippen LogP contribution >= 0.6 is 0 Å². The first-order valence-electron chi connectivity index (χ1n) is 6.59. The van der Waals surface area contributed by atoms with Crippen molar-refractivity contribution in [1.82, 2.24) is 14.7 Å². The fourth-order valence-corrected chi connectivity index (χ4v) is 2.62. The van der Waals surface area contributed by atoms with Crippen LogP contribution < -0.4 is 5.73 Å². The molecule has 7 nitrogen and oxygen atoms in total. The minimum Gasteiger partial charge on any atom is -0.337 e. The number of hydrogen-bond acceptors (Lipinski definition) is 4. The Hall–Kier alpha value is -1.63. The number of urea groups is 1. The summed E-state index contributed by atoms with van der Waals surface area (Å²) in [5, 5.41) is 0. The van der Waals surface area contributed by atoms with Crippen molar-refractivity contribution < 1.29 is 14.4 Å². The fraction of sp³-hybridized carbons (Fsp3) is 0.750. The summed E-state index contributed by atoms with van der Waals surface area (Å²) < 4.78 is 0. The molecule has 1 unspecified atom stereocenters. The Labute approximate surface area is 112 Å². The number of likely N-dealkylation sites (N-methyl/N-ethyl adjacent to an activating group) is 1. The second kappa shape index (κ2) is 5.56. The lowest BCUT2D eigenvalue weighted by molar-refractivity contribution is -0.139. The Balaban J connectivity index is 2.00. The number of nitrogens with zero attached hydrogens (tertiary/aromatic N) is 3. The Morgan fingerprint density at radius 1 is 1.37 bits per heavy atom. The molecule has 2 saturated heterocycles. The number of piperidine rings is 1. The number of carbonyl (C=O) groups excluding carboxylic acids is 3. The number of likely N-dealkylation sites (tertiary alicyclic amines) is 1. The summed E-state index contributed by atoms with van der Waals surface area (Å²) in [6.07, 6.45) is 2.91. The number of carbonyl (C=O) groups is 3. The van der Waals surface area contributed by atoms with Crippen LogP contribution in [0, 0.1) is 0 Å². The lowest BCUT2D eigenvalue weighted by Gasteiger charge is -2.35. The molecule has 0 aromatic heterocycles. The van der Waals surface area contributed by atoms with Gasteiger partial charge in [-0.25, -0.2) is 4.79 Å². The van der Waals surface area contributed by atoms with Crippen LogP contribution in [0.1, 0.15) is 19.3 Å². The highest BCUT2D eigenvalue weighted by molar-refractivity contribution is 6.04. The molecule has 0 saturated carbocycles. The number of nitrogens with two attached hydrogens (primary N) is 1. The Morgan fingerprint density at radius 3 is 2.68 bits per heavy atom. The molecule has 19 heavy (non-hydrogen) atoms. The van der Waals surface area contributed by atoms with Gasteiger partial charge in [0.05, 0.1) is 0 Å². The highest BCUT2D eigenvalue weighted by Crippen LogP contribution is 2.17. The lowest BCUT2D eigenvalue weighted by Crippen LogP contribution is -2.51. The molecule has 2 fully saturated rings. The average Bonchev–Trinajstić information content (AvgIpc) is 2.65. The quantitative estimate of drug-likeness (QED) is 0.680. The summed E-state index contributed by atoms with van der Waals surface area (Å²) in [6.45, 7) is 0.964. The Morgan fingerprint density at radius 2 is 2.11 bits per heavy atom. The summed E-state index contributed by atoms with van der Waals surface area (Å²) in [5.74, 6) is -0.505. The van der Waals surface area contributed by atoms with Crippen LogP contribution in [0.3, 0.4) is 0 Å². The van der Waals surface area contributed by atoms with Gasteiger partial charge in [-0.2, -0.15) is 0 Å². The molecule has 2 aliphatic rings. The van der Waals surface area contributed by atoms with E-state index in [-0.39, 0.29) is 30.9 Å². The largest absolute Gasteiger partial charge is 0.337 e. The van der Waals surface area contributed by atoms with Crippen molar-refractivity contribution in [2.45, 2.75) is 25.3 Å². The van der Waals surface area contributed by atoms with Crippen LogP contribution in [-0.4, -0.2) is 71.8 Å². The zero-order valence-electron chi connectivity index (χ0n) is 11.2. The molecule has 0 aromatic carbocycles. The van der Waals surface area contributed by atoms with E-state index in [0.29, 0.717) is 13.1 Å². The van der Waals surface area contributed by atoms with Gasteiger partial charge in [-0.15, -0.1) is 0 Å². The molecular weight excluding hydrogens is 248 g/mol. The normalized spacial score (nSPS) is 24.3. The van der Waals surface area contributed by atoms with Gasteiger partial charge in [-0.05, 0) is 19.3 Å². The van der Waals surface area contributed by atoms with E-state index in [1.165, 1.54) is 4.90 Å². The molecule has 7 heteroatoms. The molecular formula is C12H20N4O3. The number of hydrogen-bond donors (Lipinski definition) is 1. The van der Waals surface area contributed by atoms with Crippen molar-refractivity contribution in [2.24, 2.45) is 5.73 Å². The Bertz CT molecular complexity index is 398. The molecule has 1 atom stereocenters. The van der Waals surface area contributed by atoms with Crippen molar-refractivity contribution >= 4 is 17.8 Å². The topological polar surface area (TPSA) is 87.0 Å².